The number of benzene rings is 1. The van der Waals surface area contributed by atoms with Crippen LogP contribution in [0.5, 0.6) is 0 Å². The van der Waals surface area contributed by atoms with Gasteiger partial charge in [0, 0.05) is 6.42 Å². The van der Waals surface area contributed by atoms with Crippen LogP contribution >= 0.6 is 0 Å². The zero-order chi connectivity index (χ0) is 17.9. The summed E-state index contributed by atoms with van der Waals surface area (Å²) in [4.78, 5) is 11.4. The van der Waals surface area contributed by atoms with E-state index < -0.39 is 0 Å². The van der Waals surface area contributed by atoms with E-state index in [1.807, 2.05) is 6.92 Å². The minimum Gasteiger partial charge on any atom is -0.466 e. The Morgan fingerprint density at radius 2 is 1.72 bits per heavy atom. The standard InChI is InChI=1S/C23H36O2/c1-3-5-6-8-19-11-15-21(16-12-19)22-17-13-20(14-18-22)9-7-10-23(24)25-4-2/h11-12,15-16,20,22H,3-10,13-14,17-18H2,1-2H3. The first-order valence-electron chi connectivity index (χ1n) is 10.5. The number of carbonyl (C=O) groups is 1. The van der Waals surface area contributed by atoms with E-state index in [1.165, 1.54) is 68.9 Å². The molecule has 0 N–H and O–H groups in total. The molecule has 1 aromatic carbocycles. The highest BCUT2D eigenvalue weighted by atomic mass is 16.5. The van der Waals surface area contributed by atoms with Crippen LogP contribution in [0.25, 0.3) is 0 Å². The topological polar surface area (TPSA) is 26.3 Å². The van der Waals surface area contributed by atoms with Gasteiger partial charge in [0.25, 0.3) is 0 Å². The number of hydrogen-bond donors (Lipinski definition) is 0. The lowest BCUT2D eigenvalue weighted by Gasteiger charge is -2.29. The number of aryl methyl sites for hydroxylation is 1. The van der Waals surface area contributed by atoms with Crippen LogP contribution in [0.15, 0.2) is 24.3 Å². The largest absolute Gasteiger partial charge is 0.466 e. The van der Waals surface area contributed by atoms with Crippen molar-refractivity contribution >= 4 is 5.97 Å². The number of carbonyl (C=O) groups excluding carboxylic acids is 1. The van der Waals surface area contributed by atoms with Crippen molar-refractivity contribution in [1.82, 2.24) is 0 Å². The molecule has 1 aliphatic carbocycles. The van der Waals surface area contributed by atoms with Crippen LogP contribution in [-0.4, -0.2) is 12.6 Å². The molecule has 0 bridgehead atoms. The van der Waals surface area contributed by atoms with Gasteiger partial charge in [-0.1, -0.05) is 44.0 Å². The van der Waals surface area contributed by atoms with Crippen molar-refractivity contribution in [1.29, 1.82) is 0 Å². The van der Waals surface area contributed by atoms with E-state index in [9.17, 15) is 4.79 Å². The lowest BCUT2D eigenvalue weighted by Crippen LogP contribution is -2.14. The third-order valence-electron chi connectivity index (χ3n) is 5.67. The third kappa shape index (κ3) is 7.22. The molecule has 1 aliphatic rings. The van der Waals surface area contributed by atoms with Gasteiger partial charge in [-0.25, -0.2) is 0 Å². The van der Waals surface area contributed by atoms with Crippen molar-refractivity contribution in [2.45, 2.75) is 90.4 Å². The summed E-state index contributed by atoms with van der Waals surface area (Å²) >= 11 is 0. The second kappa shape index (κ2) is 11.3. The summed E-state index contributed by atoms with van der Waals surface area (Å²) in [7, 11) is 0. The van der Waals surface area contributed by atoms with E-state index in [4.69, 9.17) is 4.74 Å². The number of rotatable bonds is 10. The molecule has 0 aromatic heterocycles. The highest BCUT2D eigenvalue weighted by Crippen LogP contribution is 2.37. The molecule has 0 radical (unpaired) electrons. The summed E-state index contributed by atoms with van der Waals surface area (Å²) in [6.07, 6.45) is 13.2. The van der Waals surface area contributed by atoms with Crippen LogP contribution in [0.3, 0.4) is 0 Å². The Morgan fingerprint density at radius 1 is 1.00 bits per heavy atom. The maximum atomic E-state index is 11.4. The predicted molar refractivity (Wildman–Crippen MR) is 105 cm³/mol. The van der Waals surface area contributed by atoms with Gasteiger partial charge in [-0.15, -0.1) is 0 Å². The number of unbranched alkanes of at least 4 members (excludes halogenated alkanes) is 2. The Bertz CT molecular complexity index is 483. The van der Waals surface area contributed by atoms with Gasteiger partial charge in [-0.3, -0.25) is 4.79 Å². The van der Waals surface area contributed by atoms with Gasteiger partial charge in [-0.05, 0) is 81.3 Å². The van der Waals surface area contributed by atoms with Gasteiger partial charge in [0.15, 0.2) is 0 Å². The zero-order valence-corrected chi connectivity index (χ0v) is 16.3. The first-order chi connectivity index (χ1) is 12.2. The highest BCUT2D eigenvalue weighted by molar-refractivity contribution is 5.69. The lowest BCUT2D eigenvalue weighted by molar-refractivity contribution is -0.143. The van der Waals surface area contributed by atoms with Crippen LogP contribution in [0.4, 0.5) is 0 Å². The van der Waals surface area contributed by atoms with Crippen molar-refractivity contribution in [2.24, 2.45) is 5.92 Å². The summed E-state index contributed by atoms with van der Waals surface area (Å²) < 4.78 is 5.01. The van der Waals surface area contributed by atoms with E-state index in [0.717, 1.165) is 18.3 Å². The van der Waals surface area contributed by atoms with Crippen LogP contribution in [0.2, 0.25) is 0 Å². The van der Waals surface area contributed by atoms with Gasteiger partial charge >= 0.3 is 5.97 Å². The lowest BCUT2D eigenvalue weighted by atomic mass is 9.77. The van der Waals surface area contributed by atoms with Gasteiger partial charge in [0.05, 0.1) is 6.61 Å². The van der Waals surface area contributed by atoms with E-state index in [-0.39, 0.29) is 5.97 Å². The Kier molecular flexibility index (Phi) is 9.07. The molecule has 25 heavy (non-hydrogen) atoms. The molecule has 1 saturated carbocycles. The number of hydrogen-bond acceptors (Lipinski definition) is 2. The van der Waals surface area contributed by atoms with E-state index >= 15 is 0 Å². The van der Waals surface area contributed by atoms with Crippen molar-refractivity contribution in [2.75, 3.05) is 6.61 Å². The van der Waals surface area contributed by atoms with Crippen LogP contribution in [0, 0.1) is 5.92 Å². The van der Waals surface area contributed by atoms with Crippen molar-refractivity contribution in [3.8, 4) is 0 Å². The molecule has 140 valence electrons. The Hall–Kier alpha value is -1.31. The van der Waals surface area contributed by atoms with E-state index in [1.54, 1.807) is 0 Å². The molecular weight excluding hydrogens is 308 g/mol. The zero-order valence-electron chi connectivity index (χ0n) is 16.3. The van der Waals surface area contributed by atoms with Crippen molar-refractivity contribution in [3.05, 3.63) is 35.4 Å². The molecule has 2 heteroatoms. The van der Waals surface area contributed by atoms with Crippen LogP contribution in [0.1, 0.15) is 95.1 Å². The molecular formula is C23H36O2. The molecule has 2 nitrogen and oxygen atoms in total. The molecule has 0 amide bonds. The molecule has 1 aromatic rings. The predicted octanol–water partition coefficient (Wildman–Crippen LogP) is 6.43. The normalized spacial score (nSPS) is 20.4. The van der Waals surface area contributed by atoms with Gasteiger partial charge in [0.2, 0.25) is 0 Å². The summed E-state index contributed by atoms with van der Waals surface area (Å²) in [6.45, 7) is 4.63. The fourth-order valence-corrected chi connectivity index (χ4v) is 4.09. The molecule has 0 atom stereocenters. The smallest absolute Gasteiger partial charge is 0.305 e. The molecule has 0 aliphatic heterocycles. The quantitative estimate of drug-likeness (QED) is 0.361. The molecule has 0 heterocycles. The second-order valence-electron chi connectivity index (χ2n) is 7.61. The molecule has 0 unspecified atom stereocenters. The monoisotopic (exact) mass is 344 g/mol. The number of ether oxygens (including phenoxy) is 1. The summed E-state index contributed by atoms with van der Waals surface area (Å²) in [5, 5.41) is 0. The fourth-order valence-electron chi connectivity index (χ4n) is 4.09. The van der Waals surface area contributed by atoms with Gasteiger partial charge in [0.1, 0.15) is 0 Å². The van der Waals surface area contributed by atoms with E-state index in [0.29, 0.717) is 13.0 Å². The van der Waals surface area contributed by atoms with Crippen molar-refractivity contribution < 1.29 is 9.53 Å². The molecule has 0 saturated heterocycles. The Morgan fingerprint density at radius 3 is 2.36 bits per heavy atom. The molecule has 2 rings (SSSR count). The van der Waals surface area contributed by atoms with Crippen LogP contribution < -0.4 is 0 Å². The third-order valence-corrected chi connectivity index (χ3v) is 5.67. The van der Waals surface area contributed by atoms with Crippen molar-refractivity contribution in [3.63, 3.8) is 0 Å². The van der Waals surface area contributed by atoms with E-state index in [2.05, 4.69) is 31.2 Å². The first-order valence-corrected chi connectivity index (χ1v) is 10.5. The fraction of sp³-hybridized carbons (Fsp3) is 0.696. The summed E-state index contributed by atoms with van der Waals surface area (Å²) in [5.41, 5.74) is 3.02. The maximum absolute atomic E-state index is 11.4. The van der Waals surface area contributed by atoms with Gasteiger partial charge in [-0.2, -0.15) is 0 Å². The average Bonchev–Trinajstić information content (AvgIpc) is 2.63. The minimum absolute atomic E-state index is 0.0322. The first kappa shape index (κ1) is 20.0. The molecule has 1 fully saturated rings. The number of esters is 1. The summed E-state index contributed by atoms with van der Waals surface area (Å²) in [5.74, 6) is 1.51. The van der Waals surface area contributed by atoms with Gasteiger partial charge < -0.3 is 4.74 Å². The molecule has 0 spiro atoms. The maximum Gasteiger partial charge on any atom is 0.305 e. The van der Waals surface area contributed by atoms with Crippen LogP contribution in [-0.2, 0) is 16.0 Å². The second-order valence-corrected chi connectivity index (χ2v) is 7.61. The Balaban J connectivity index is 1.68. The highest BCUT2D eigenvalue weighted by Gasteiger charge is 2.22. The Labute approximate surface area is 154 Å². The minimum atomic E-state index is -0.0322. The summed E-state index contributed by atoms with van der Waals surface area (Å²) in [6, 6.07) is 9.42. The average molecular weight is 345 g/mol. The SMILES string of the molecule is CCCCCc1ccc(C2CCC(CCCC(=O)OCC)CC2)cc1.